The van der Waals surface area contributed by atoms with Crippen LogP contribution in [0.2, 0.25) is 0 Å². The van der Waals surface area contributed by atoms with Crippen molar-refractivity contribution in [2.24, 2.45) is 16.2 Å². The van der Waals surface area contributed by atoms with E-state index in [4.69, 9.17) is 115 Å². The van der Waals surface area contributed by atoms with Gasteiger partial charge in [-0.25, -0.2) is 28.6 Å². The highest BCUT2D eigenvalue weighted by Crippen LogP contribution is 2.62. The van der Waals surface area contributed by atoms with Crippen LogP contribution in [0.4, 0.5) is 17.8 Å². The van der Waals surface area contributed by atoms with Crippen molar-refractivity contribution in [2.75, 3.05) is 116 Å². The Morgan fingerprint density at radius 1 is 0.429 bits per heavy atom. The first-order chi connectivity index (χ1) is 59.0. The van der Waals surface area contributed by atoms with Crippen LogP contribution in [0.15, 0.2) is 19.0 Å². The van der Waals surface area contributed by atoms with E-state index in [9.17, 15) is 43.4 Å². The Morgan fingerprint density at radius 2 is 0.683 bits per heavy atom. The summed E-state index contributed by atoms with van der Waals surface area (Å²) in [6.07, 6.45) is -5.37. The monoisotopic (exact) mass is 1840 g/mol. The zero-order valence-corrected chi connectivity index (χ0v) is 76.4. The first-order valence-corrected chi connectivity index (χ1v) is 45.9. The fourth-order valence-electron chi connectivity index (χ4n) is 15.4. The molecule has 1 unspecified atom stereocenters. The molecule has 0 saturated carbocycles. The number of hydrogen-bond donors (Lipinski definition) is 9. The SMILES string of the molecule is CCOc1nc(N)nc2c1ncn2[C@@H]1O[C@@H]2COP(=O)(OCCCNC(=O)[C@H]3OC(C)(C)OCC3(C)C)O[C@H]2[C@@]1(C)O.CCOc1nc(N)nc2c1ncn2[C@@H]1O[C@@H]2CO[P@@](=O)(OCCCNC(=O)[C@H]3OC(C)(C)OCC3(C)C)O[C@H]2[C@@]1(C)O.CCOc1nc(N)nc2c1ncn2[C@@H]1O[C@@H]2CO[P@](=O)(OCCCNC(=O)[C@H]3OC(C)(C)OCC3(C)C)O[C@H]2[C@@]1(C)O. The molecule has 18 atom stereocenters. The highest BCUT2D eigenvalue weighted by Gasteiger charge is 2.64. The Morgan fingerprint density at radius 3 is 0.929 bits per heavy atom. The van der Waals surface area contributed by atoms with E-state index in [0.717, 1.165) is 0 Å². The summed E-state index contributed by atoms with van der Waals surface area (Å²) in [7, 11) is -12.2. The number of aliphatic hydroxyl groups is 3. The van der Waals surface area contributed by atoms with E-state index in [2.05, 4.69) is 60.8 Å². The molecule has 0 aromatic carbocycles. The predicted octanol–water partition coefficient (Wildman–Crippen LogP) is 5.04. The van der Waals surface area contributed by atoms with Crippen LogP contribution in [0.3, 0.4) is 0 Å². The molecule has 0 aliphatic carbocycles. The molecule has 6 aromatic heterocycles. The van der Waals surface area contributed by atoms with Gasteiger partial charge in [0, 0.05) is 35.9 Å². The van der Waals surface area contributed by atoms with Crippen molar-refractivity contribution in [2.45, 2.75) is 252 Å². The van der Waals surface area contributed by atoms with Crippen LogP contribution >= 0.6 is 23.5 Å². The van der Waals surface area contributed by atoms with Crippen LogP contribution in [0.1, 0.15) is 163 Å². The third-order valence-electron chi connectivity index (χ3n) is 21.9. The molecule has 0 bridgehead atoms. The lowest BCUT2D eigenvalue weighted by molar-refractivity contribution is -0.304. The number of anilines is 3. The van der Waals surface area contributed by atoms with Gasteiger partial charge in [-0.3, -0.25) is 68.8 Å². The molecular weight excluding hydrogens is 1730 g/mol. The van der Waals surface area contributed by atoms with E-state index in [1.54, 1.807) is 62.3 Å². The normalized spacial score (nSPS) is 33.8. The fraction of sp³-hybridized carbons (Fsp3) is 0.760. The van der Waals surface area contributed by atoms with E-state index in [0.29, 0.717) is 75.5 Å². The summed E-state index contributed by atoms with van der Waals surface area (Å²) in [4.78, 5) is 76.3. The van der Waals surface area contributed by atoms with Crippen LogP contribution in [0.25, 0.3) is 33.5 Å². The summed E-state index contributed by atoms with van der Waals surface area (Å²) in [5.74, 6) is -2.91. The molecule has 702 valence electrons. The summed E-state index contributed by atoms with van der Waals surface area (Å²) >= 11 is 0. The van der Waals surface area contributed by atoms with E-state index in [-0.39, 0.29) is 129 Å². The Hall–Kier alpha value is -7.29. The lowest BCUT2D eigenvalue weighted by atomic mass is 9.85. The van der Waals surface area contributed by atoms with Crippen molar-refractivity contribution in [3.63, 3.8) is 0 Å². The van der Waals surface area contributed by atoms with Crippen molar-refractivity contribution in [3.8, 4) is 17.6 Å². The van der Waals surface area contributed by atoms with Gasteiger partial charge in [-0.15, -0.1) is 0 Å². The number of nitrogens with zero attached hydrogens (tertiary/aromatic N) is 12. The van der Waals surface area contributed by atoms with Gasteiger partial charge in [-0.2, -0.15) is 29.9 Å². The maximum absolute atomic E-state index is 13.3. The highest BCUT2D eigenvalue weighted by atomic mass is 31.2. The Bertz CT molecular complexity index is 4580. The second kappa shape index (κ2) is 36.8. The molecule has 48 nitrogen and oxygen atoms in total. The minimum Gasteiger partial charge on any atom is -0.476 e. The van der Waals surface area contributed by atoms with Gasteiger partial charge in [0.15, 0.2) is 69.5 Å². The zero-order chi connectivity index (χ0) is 91.5. The summed E-state index contributed by atoms with van der Waals surface area (Å²) in [6, 6.07) is 0. The van der Waals surface area contributed by atoms with Gasteiger partial charge in [0.25, 0.3) is 0 Å². The molecule has 9 fully saturated rings. The first kappa shape index (κ1) is 96.3. The molecule has 6 aromatic rings. The van der Waals surface area contributed by atoms with E-state index >= 15 is 0 Å². The maximum Gasteiger partial charge on any atom is 0.475 e. The van der Waals surface area contributed by atoms with E-state index in [1.165, 1.54) is 53.5 Å². The fourth-order valence-corrected chi connectivity index (χ4v) is 19.9. The van der Waals surface area contributed by atoms with Gasteiger partial charge >= 0.3 is 23.5 Å². The molecule has 0 radical (unpaired) electrons. The van der Waals surface area contributed by atoms with Gasteiger partial charge in [0.05, 0.1) is 98.3 Å². The number of fused-ring (bicyclic) bond motifs is 6. The standard InChI is InChI=1S/3C25H39N6O10P/c3*1-7-35-20-15-18(29-22(26)30-20)31(13-28-15)21-25(6,33)16-14(39-21)11-38-42(34,41-16)37-10-8-9-27-19(32)17-23(2,3)12-36-24(4,5)40-17/h3*13-14,16-17,21,33H,7-12H2,1-6H3,(H,27,32)(H2,26,29,30)/t14-,16-,17-,21-,25-,42?;14-,16-,17-,21-,25-,42+;14-,16-,17-,21-,25-,42-/m111/s1. The van der Waals surface area contributed by atoms with Gasteiger partial charge in [0.1, 0.15) is 71.7 Å². The molecule has 9 aliphatic heterocycles. The Balaban J connectivity index is 0.000000162. The van der Waals surface area contributed by atoms with Crippen molar-refractivity contribution < 1.29 is 141 Å². The summed E-state index contributed by atoms with van der Waals surface area (Å²) in [5, 5.41) is 43.1. The summed E-state index contributed by atoms with van der Waals surface area (Å²) in [5.41, 5.74) is 12.9. The Kier molecular flexibility index (Phi) is 28.1. The van der Waals surface area contributed by atoms with Crippen LogP contribution in [0.5, 0.6) is 17.6 Å². The number of rotatable bonds is 27. The molecule has 12 N–H and O–H groups in total. The average Bonchev–Trinajstić information content (AvgIpc) is 1.58. The topological polar surface area (TPSA) is 602 Å². The molecular formula is C75H117N18O30P3. The second-order valence-electron chi connectivity index (χ2n) is 35.5. The number of amides is 3. The van der Waals surface area contributed by atoms with Gasteiger partial charge in [-0.1, -0.05) is 41.5 Å². The number of imidazole rings is 3. The number of ether oxygens (including phenoxy) is 12. The molecule has 126 heavy (non-hydrogen) atoms. The van der Waals surface area contributed by atoms with Crippen LogP contribution < -0.4 is 47.4 Å². The zero-order valence-electron chi connectivity index (χ0n) is 73.7. The largest absolute Gasteiger partial charge is 0.476 e. The second-order valence-corrected chi connectivity index (χ2v) is 40.3. The minimum absolute atomic E-state index is 0.0343. The number of phosphoric ester groups is 3. The van der Waals surface area contributed by atoms with Crippen molar-refractivity contribution >= 4 is 92.5 Å². The molecule has 15 rings (SSSR count). The smallest absolute Gasteiger partial charge is 0.475 e. The van der Waals surface area contributed by atoms with Crippen LogP contribution in [0, 0.1) is 16.2 Å². The molecule has 15 heterocycles. The van der Waals surface area contributed by atoms with E-state index < -0.39 is 147 Å². The average molecular weight is 1840 g/mol. The maximum atomic E-state index is 13.3. The molecule has 0 spiro atoms. The van der Waals surface area contributed by atoms with E-state index in [1.807, 2.05) is 41.5 Å². The predicted molar refractivity (Wildman–Crippen MR) is 438 cm³/mol. The minimum atomic E-state index is -4.05. The van der Waals surface area contributed by atoms with Crippen LogP contribution in [-0.4, -0.2) is 280 Å². The van der Waals surface area contributed by atoms with Gasteiger partial charge in [0.2, 0.25) is 53.2 Å². The summed E-state index contributed by atoms with van der Waals surface area (Å²) in [6.45, 7) is 34.2. The number of nitrogens with one attached hydrogen (secondary N) is 3. The van der Waals surface area contributed by atoms with Crippen molar-refractivity contribution in [1.29, 1.82) is 0 Å². The third-order valence-corrected chi connectivity index (χ3v) is 26.3. The number of carbonyl (C=O) groups excluding carboxylic acids is 3. The quantitative estimate of drug-likeness (QED) is 0.0241. The lowest BCUT2D eigenvalue weighted by Crippen LogP contribution is -2.56. The first-order valence-electron chi connectivity index (χ1n) is 41.5. The molecule has 3 amide bonds. The van der Waals surface area contributed by atoms with Crippen molar-refractivity contribution in [3.05, 3.63) is 19.0 Å². The third kappa shape index (κ3) is 20.7. The molecule has 9 aliphatic rings. The Labute approximate surface area is 725 Å². The molecule has 51 heteroatoms. The highest BCUT2D eigenvalue weighted by molar-refractivity contribution is 7.49. The number of hydrogen-bond acceptors (Lipinski definition) is 42. The molecule has 9 saturated heterocycles. The van der Waals surface area contributed by atoms with Crippen LogP contribution in [-0.2, 0) is 111 Å². The number of nitrogens with two attached hydrogens (primary N) is 3. The number of aromatic nitrogens is 12. The van der Waals surface area contributed by atoms with Gasteiger partial charge < -0.3 is 105 Å². The lowest BCUT2D eigenvalue weighted by Gasteiger charge is -2.44. The number of carbonyl (C=O) groups is 3. The van der Waals surface area contributed by atoms with Crippen molar-refractivity contribution in [1.82, 2.24) is 74.5 Å². The summed E-state index contributed by atoms with van der Waals surface area (Å²) < 4.78 is 164. The van der Waals surface area contributed by atoms with Gasteiger partial charge in [-0.05, 0) is 102 Å². The number of phosphoric acid groups is 3. The number of nitrogen functional groups attached to an aromatic ring is 3.